The van der Waals surface area contributed by atoms with E-state index >= 15 is 0 Å². The van der Waals surface area contributed by atoms with E-state index in [4.69, 9.17) is 27.9 Å². The summed E-state index contributed by atoms with van der Waals surface area (Å²) in [5, 5.41) is 3.60. The Morgan fingerprint density at radius 1 is 1.00 bits per heavy atom. The second-order valence-electron chi connectivity index (χ2n) is 8.07. The molecule has 0 bridgehead atoms. The van der Waals surface area contributed by atoms with Crippen molar-refractivity contribution in [3.63, 3.8) is 0 Å². The fourth-order valence-electron chi connectivity index (χ4n) is 3.49. The van der Waals surface area contributed by atoms with Crippen LogP contribution in [0.15, 0.2) is 60.7 Å². The number of aryl methyl sites for hydroxylation is 1. The Labute approximate surface area is 220 Å². The van der Waals surface area contributed by atoms with Crippen molar-refractivity contribution >= 4 is 52.2 Å². The Hall–Kier alpha value is -2.58. The Morgan fingerprint density at radius 3 is 2.43 bits per heavy atom. The van der Waals surface area contributed by atoms with Crippen LogP contribution in [0.5, 0.6) is 0 Å². The molecule has 6 nitrogen and oxygen atoms in total. The van der Waals surface area contributed by atoms with Crippen LogP contribution in [0.2, 0.25) is 10.0 Å². The Morgan fingerprint density at radius 2 is 1.77 bits per heavy atom. The van der Waals surface area contributed by atoms with Crippen LogP contribution in [0.1, 0.15) is 21.7 Å². The molecule has 9 heteroatoms. The molecule has 0 aliphatic rings. The highest BCUT2D eigenvalue weighted by molar-refractivity contribution is 7.11. The minimum atomic E-state index is -0.412. The zero-order valence-electron chi connectivity index (χ0n) is 19.8. The zero-order valence-corrected chi connectivity index (χ0v) is 22.1. The molecule has 186 valence electrons. The molecule has 1 N–H and O–H groups in total. The maximum absolute atomic E-state index is 13.5. The van der Waals surface area contributed by atoms with Crippen LogP contribution in [0.3, 0.4) is 0 Å². The largest absolute Gasteiger partial charge is 0.385 e. The molecular weight excluding hydrogens is 505 g/mol. The number of anilines is 1. The maximum atomic E-state index is 13.5. The summed E-state index contributed by atoms with van der Waals surface area (Å²) >= 11 is 13.9. The quantitative estimate of drug-likeness (QED) is 0.287. The lowest BCUT2D eigenvalue weighted by Gasteiger charge is -2.28. The highest BCUT2D eigenvalue weighted by atomic mass is 35.5. The first-order valence-corrected chi connectivity index (χ1v) is 12.8. The second kappa shape index (κ2) is 13.5. The van der Waals surface area contributed by atoms with Gasteiger partial charge in [-0.2, -0.15) is 0 Å². The van der Waals surface area contributed by atoms with Crippen molar-refractivity contribution in [3.05, 3.63) is 86.0 Å². The van der Waals surface area contributed by atoms with Gasteiger partial charge in [-0.3, -0.25) is 4.79 Å². The van der Waals surface area contributed by atoms with Crippen molar-refractivity contribution in [2.45, 2.75) is 26.4 Å². The summed E-state index contributed by atoms with van der Waals surface area (Å²) in [6, 6.07) is 18.4. The predicted molar refractivity (Wildman–Crippen MR) is 143 cm³/mol. The SMILES string of the molecule is COCCCN(CC(=O)N(Cc1ccccc1)Cc1ccc(C)s1)C(=O)Nc1ccc(Cl)cc1Cl. The molecule has 0 saturated carbocycles. The zero-order chi connectivity index (χ0) is 25.2. The molecule has 0 aliphatic carbocycles. The van der Waals surface area contributed by atoms with Gasteiger partial charge in [-0.1, -0.05) is 53.5 Å². The van der Waals surface area contributed by atoms with E-state index in [0.717, 1.165) is 10.4 Å². The number of hydrogen-bond acceptors (Lipinski definition) is 4. The molecule has 0 spiro atoms. The van der Waals surface area contributed by atoms with Crippen LogP contribution in [0.25, 0.3) is 0 Å². The number of nitrogens with zero attached hydrogens (tertiary/aromatic N) is 2. The first-order chi connectivity index (χ1) is 16.9. The second-order valence-corrected chi connectivity index (χ2v) is 10.3. The normalized spacial score (nSPS) is 10.7. The Bertz CT molecular complexity index is 1120. The molecule has 3 rings (SSSR count). The van der Waals surface area contributed by atoms with Crippen LogP contribution in [-0.4, -0.2) is 48.5 Å². The summed E-state index contributed by atoms with van der Waals surface area (Å²) in [6.07, 6.45) is 0.592. The van der Waals surface area contributed by atoms with E-state index in [-0.39, 0.29) is 12.5 Å². The first-order valence-electron chi connectivity index (χ1n) is 11.2. The minimum absolute atomic E-state index is 0.0715. The summed E-state index contributed by atoms with van der Waals surface area (Å²) < 4.78 is 5.15. The molecule has 0 atom stereocenters. The van der Waals surface area contributed by atoms with Crippen molar-refractivity contribution in [1.82, 2.24) is 9.80 Å². The summed E-state index contributed by atoms with van der Waals surface area (Å²) in [4.78, 5) is 32.2. The summed E-state index contributed by atoms with van der Waals surface area (Å²) in [7, 11) is 1.60. The van der Waals surface area contributed by atoms with Crippen molar-refractivity contribution in [1.29, 1.82) is 0 Å². The van der Waals surface area contributed by atoms with Crippen LogP contribution in [0, 0.1) is 6.92 Å². The molecule has 2 aromatic carbocycles. The van der Waals surface area contributed by atoms with Gasteiger partial charge in [0.25, 0.3) is 0 Å². The molecule has 0 aliphatic heterocycles. The number of ether oxygens (including phenoxy) is 1. The predicted octanol–water partition coefficient (Wildman–Crippen LogP) is 6.46. The molecule has 0 radical (unpaired) electrons. The van der Waals surface area contributed by atoms with Crippen LogP contribution in [-0.2, 0) is 22.6 Å². The third-order valence-corrected chi connectivity index (χ3v) is 6.81. The fraction of sp³-hybridized carbons (Fsp3) is 0.308. The van der Waals surface area contributed by atoms with Gasteiger partial charge in [0.1, 0.15) is 6.54 Å². The van der Waals surface area contributed by atoms with E-state index in [9.17, 15) is 9.59 Å². The lowest BCUT2D eigenvalue weighted by Crippen LogP contribution is -2.44. The van der Waals surface area contributed by atoms with Gasteiger partial charge in [0.05, 0.1) is 17.3 Å². The maximum Gasteiger partial charge on any atom is 0.322 e. The number of halogens is 2. The van der Waals surface area contributed by atoms with Crippen molar-refractivity contribution in [2.75, 3.05) is 32.1 Å². The van der Waals surface area contributed by atoms with Gasteiger partial charge < -0.3 is 19.9 Å². The molecule has 3 amide bonds. The average Bonchev–Trinajstić information content (AvgIpc) is 3.25. The molecular formula is C26H29Cl2N3O3S. The van der Waals surface area contributed by atoms with E-state index in [0.29, 0.717) is 48.4 Å². The van der Waals surface area contributed by atoms with Gasteiger partial charge in [-0.25, -0.2) is 4.79 Å². The number of hydrogen-bond donors (Lipinski definition) is 1. The van der Waals surface area contributed by atoms with E-state index in [2.05, 4.69) is 5.32 Å². The lowest BCUT2D eigenvalue weighted by atomic mass is 10.2. The molecule has 35 heavy (non-hydrogen) atoms. The number of nitrogens with one attached hydrogen (secondary N) is 1. The topological polar surface area (TPSA) is 61.9 Å². The summed E-state index contributed by atoms with van der Waals surface area (Å²) in [6.45, 7) is 3.73. The Balaban J connectivity index is 1.77. The minimum Gasteiger partial charge on any atom is -0.385 e. The molecule has 1 heterocycles. The lowest BCUT2D eigenvalue weighted by molar-refractivity contribution is -0.133. The fourth-order valence-corrected chi connectivity index (χ4v) is 4.86. The third-order valence-electron chi connectivity index (χ3n) is 5.27. The standard InChI is InChI=1S/C26H29Cl2N3O3S/c1-19-9-11-22(35-19)17-31(16-20-7-4-3-5-8-20)25(32)18-30(13-6-14-34-2)26(33)29-24-12-10-21(27)15-23(24)28/h3-5,7-12,15H,6,13-14,16-18H2,1-2H3,(H,29,33). The summed E-state index contributed by atoms with van der Waals surface area (Å²) in [5.41, 5.74) is 1.46. The number of methoxy groups -OCH3 is 1. The highest BCUT2D eigenvalue weighted by Crippen LogP contribution is 2.26. The number of thiophene rings is 1. The number of carbonyl (C=O) groups is 2. The summed E-state index contributed by atoms with van der Waals surface area (Å²) in [5.74, 6) is -0.144. The van der Waals surface area contributed by atoms with Gasteiger partial charge in [-0.15, -0.1) is 11.3 Å². The smallest absolute Gasteiger partial charge is 0.322 e. The van der Waals surface area contributed by atoms with E-state index < -0.39 is 6.03 Å². The van der Waals surface area contributed by atoms with Crippen LogP contribution in [0.4, 0.5) is 10.5 Å². The third kappa shape index (κ3) is 8.54. The van der Waals surface area contributed by atoms with Crippen molar-refractivity contribution < 1.29 is 14.3 Å². The van der Waals surface area contributed by atoms with E-state index in [1.54, 1.807) is 41.5 Å². The van der Waals surface area contributed by atoms with Gasteiger partial charge in [-0.05, 0) is 49.2 Å². The molecule has 1 aromatic heterocycles. The monoisotopic (exact) mass is 533 g/mol. The first kappa shape index (κ1) is 27.0. The average molecular weight is 535 g/mol. The van der Waals surface area contributed by atoms with Crippen molar-refractivity contribution in [3.8, 4) is 0 Å². The number of carbonyl (C=O) groups excluding carboxylic acids is 2. The van der Waals surface area contributed by atoms with Crippen LogP contribution >= 0.6 is 34.5 Å². The molecule has 3 aromatic rings. The number of amides is 3. The van der Waals surface area contributed by atoms with Crippen LogP contribution < -0.4 is 5.32 Å². The highest BCUT2D eigenvalue weighted by Gasteiger charge is 2.23. The van der Waals surface area contributed by atoms with E-state index in [1.165, 1.54) is 9.78 Å². The molecule has 0 saturated heterocycles. The van der Waals surface area contributed by atoms with Gasteiger partial charge in [0, 0.05) is 41.6 Å². The van der Waals surface area contributed by atoms with Gasteiger partial charge in [0.15, 0.2) is 0 Å². The number of rotatable bonds is 11. The Kier molecular flexibility index (Phi) is 10.4. The number of benzene rings is 2. The van der Waals surface area contributed by atoms with Gasteiger partial charge in [0.2, 0.25) is 5.91 Å². The molecule has 0 unspecified atom stereocenters. The number of urea groups is 1. The van der Waals surface area contributed by atoms with Gasteiger partial charge >= 0.3 is 6.03 Å². The van der Waals surface area contributed by atoms with Crippen molar-refractivity contribution in [2.24, 2.45) is 0 Å². The molecule has 0 fully saturated rings. The van der Waals surface area contributed by atoms with E-state index in [1.807, 2.05) is 49.4 Å².